The van der Waals surface area contributed by atoms with E-state index in [1.165, 1.54) is 4.57 Å². The Kier molecular flexibility index (Phi) is 5.51. The van der Waals surface area contributed by atoms with Crippen molar-refractivity contribution in [3.8, 4) is 0 Å². The standard InChI is InChI=1S/C20H19N3O4/c1-2-12-21-19(25)14-7-3-4-8-15(14)22-18(24)11-13-23-16-9-5-6-10-17(16)27-20(23)26/h2-10H,1,11-13H2,(H,21,25)(H,22,24). The Balaban J connectivity index is 1.69. The zero-order valence-corrected chi connectivity index (χ0v) is 14.6. The Hall–Kier alpha value is -3.61. The highest BCUT2D eigenvalue weighted by Crippen LogP contribution is 2.16. The third-order valence-corrected chi connectivity index (χ3v) is 3.99. The summed E-state index contributed by atoms with van der Waals surface area (Å²) in [5, 5.41) is 5.40. The van der Waals surface area contributed by atoms with Gasteiger partial charge in [-0.25, -0.2) is 4.79 Å². The fourth-order valence-corrected chi connectivity index (χ4v) is 2.70. The molecule has 0 fully saturated rings. The highest BCUT2D eigenvalue weighted by molar-refractivity contribution is 6.03. The van der Waals surface area contributed by atoms with E-state index in [1.54, 1.807) is 54.6 Å². The third-order valence-electron chi connectivity index (χ3n) is 3.99. The quantitative estimate of drug-likeness (QED) is 0.629. The van der Waals surface area contributed by atoms with Crippen LogP contribution in [0.5, 0.6) is 0 Å². The number of aromatic nitrogens is 1. The molecule has 2 amide bonds. The number of nitrogens with one attached hydrogen (secondary N) is 2. The van der Waals surface area contributed by atoms with Crippen molar-refractivity contribution < 1.29 is 14.0 Å². The van der Waals surface area contributed by atoms with E-state index in [9.17, 15) is 14.4 Å². The molecule has 0 bridgehead atoms. The van der Waals surface area contributed by atoms with Gasteiger partial charge < -0.3 is 15.1 Å². The Morgan fingerprint density at radius 3 is 2.67 bits per heavy atom. The van der Waals surface area contributed by atoms with Gasteiger partial charge in [0.05, 0.1) is 16.8 Å². The minimum atomic E-state index is -0.506. The molecular formula is C20H19N3O4. The molecule has 2 aromatic carbocycles. The van der Waals surface area contributed by atoms with Crippen LogP contribution in [-0.4, -0.2) is 22.9 Å². The minimum Gasteiger partial charge on any atom is -0.408 e. The van der Waals surface area contributed by atoms with Crippen LogP contribution in [0.25, 0.3) is 11.1 Å². The lowest BCUT2D eigenvalue weighted by Crippen LogP contribution is -2.25. The monoisotopic (exact) mass is 365 g/mol. The van der Waals surface area contributed by atoms with Crippen LogP contribution >= 0.6 is 0 Å². The molecule has 0 aliphatic rings. The fraction of sp³-hybridized carbons (Fsp3) is 0.150. The molecule has 7 heteroatoms. The minimum absolute atomic E-state index is 0.0616. The van der Waals surface area contributed by atoms with Gasteiger partial charge in [-0.15, -0.1) is 6.58 Å². The maximum absolute atomic E-state index is 12.3. The number of anilines is 1. The average molecular weight is 365 g/mol. The van der Waals surface area contributed by atoms with Crippen LogP contribution in [0, 0.1) is 0 Å². The van der Waals surface area contributed by atoms with Crippen molar-refractivity contribution in [2.45, 2.75) is 13.0 Å². The van der Waals surface area contributed by atoms with Gasteiger partial charge in [-0.05, 0) is 24.3 Å². The lowest BCUT2D eigenvalue weighted by atomic mass is 10.1. The van der Waals surface area contributed by atoms with Gasteiger partial charge in [0, 0.05) is 19.5 Å². The van der Waals surface area contributed by atoms with Crippen LogP contribution in [0.15, 0.2) is 70.4 Å². The van der Waals surface area contributed by atoms with Crippen molar-refractivity contribution in [1.29, 1.82) is 0 Å². The predicted octanol–water partition coefficient (Wildman–Crippen LogP) is 2.54. The van der Waals surface area contributed by atoms with Gasteiger partial charge in [-0.3, -0.25) is 14.2 Å². The van der Waals surface area contributed by atoms with E-state index in [1.807, 2.05) is 0 Å². The molecule has 7 nitrogen and oxygen atoms in total. The van der Waals surface area contributed by atoms with Crippen molar-refractivity contribution in [2.75, 3.05) is 11.9 Å². The summed E-state index contributed by atoms with van der Waals surface area (Å²) in [6.45, 7) is 4.06. The van der Waals surface area contributed by atoms with Crippen molar-refractivity contribution in [1.82, 2.24) is 9.88 Å². The zero-order chi connectivity index (χ0) is 19.2. The summed E-state index contributed by atoms with van der Waals surface area (Å²) >= 11 is 0. The van der Waals surface area contributed by atoms with Gasteiger partial charge in [0.1, 0.15) is 0 Å². The number of carbonyl (C=O) groups is 2. The molecule has 0 aliphatic carbocycles. The first-order chi connectivity index (χ1) is 13.1. The summed E-state index contributed by atoms with van der Waals surface area (Å²) in [4.78, 5) is 36.5. The van der Waals surface area contributed by atoms with E-state index < -0.39 is 5.76 Å². The van der Waals surface area contributed by atoms with Crippen molar-refractivity contribution in [3.63, 3.8) is 0 Å². The van der Waals surface area contributed by atoms with Crippen molar-refractivity contribution in [2.24, 2.45) is 0 Å². The zero-order valence-electron chi connectivity index (χ0n) is 14.6. The van der Waals surface area contributed by atoms with Gasteiger partial charge in [0.25, 0.3) is 5.91 Å². The molecule has 3 rings (SSSR count). The number of aryl methyl sites for hydroxylation is 1. The van der Waals surface area contributed by atoms with Crippen LogP contribution in [-0.2, 0) is 11.3 Å². The van der Waals surface area contributed by atoms with Gasteiger partial charge in [-0.2, -0.15) is 0 Å². The third kappa shape index (κ3) is 4.14. The number of amides is 2. The smallest absolute Gasteiger partial charge is 0.408 e. The second kappa shape index (κ2) is 8.18. The maximum Gasteiger partial charge on any atom is 0.419 e. The van der Waals surface area contributed by atoms with Gasteiger partial charge in [0.2, 0.25) is 5.91 Å². The number of rotatable bonds is 7. The molecule has 2 N–H and O–H groups in total. The molecule has 0 radical (unpaired) electrons. The summed E-state index contributed by atoms with van der Waals surface area (Å²) < 4.78 is 6.57. The van der Waals surface area contributed by atoms with Crippen molar-refractivity contribution in [3.05, 3.63) is 77.3 Å². The van der Waals surface area contributed by atoms with Gasteiger partial charge in [-0.1, -0.05) is 30.3 Å². The van der Waals surface area contributed by atoms with E-state index in [-0.39, 0.29) is 24.8 Å². The predicted molar refractivity (Wildman–Crippen MR) is 103 cm³/mol. The fourth-order valence-electron chi connectivity index (χ4n) is 2.70. The number of para-hydroxylation sites is 3. The van der Waals surface area contributed by atoms with E-state index >= 15 is 0 Å². The summed E-state index contributed by atoms with van der Waals surface area (Å²) in [5.74, 6) is -1.12. The molecule has 0 saturated carbocycles. The van der Waals surface area contributed by atoms with E-state index in [4.69, 9.17) is 4.42 Å². The molecule has 138 valence electrons. The summed E-state index contributed by atoms with van der Waals surface area (Å²) in [6, 6.07) is 13.8. The highest BCUT2D eigenvalue weighted by atomic mass is 16.4. The maximum atomic E-state index is 12.3. The molecule has 0 unspecified atom stereocenters. The van der Waals surface area contributed by atoms with Gasteiger partial charge in [0.15, 0.2) is 5.58 Å². The first-order valence-corrected chi connectivity index (χ1v) is 8.46. The summed E-state index contributed by atoms with van der Waals surface area (Å²) in [6.07, 6.45) is 1.64. The molecule has 0 spiro atoms. The lowest BCUT2D eigenvalue weighted by molar-refractivity contribution is -0.116. The normalized spacial score (nSPS) is 10.5. The van der Waals surface area contributed by atoms with Crippen LogP contribution in [0.1, 0.15) is 16.8 Å². The molecular weight excluding hydrogens is 346 g/mol. The first-order valence-electron chi connectivity index (χ1n) is 8.46. The SMILES string of the molecule is C=CCNC(=O)c1ccccc1NC(=O)CCn1c(=O)oc2ccccc21. The topological polar surface area (TPSA) is 93.3 Å². The Morgan fingerprint density at radius 1 is 1.11 bits per heavy atom. The summed E-state index contributed by atoms with van der Waals surface area (Å²) in [7, 11) is 0. The molecule has 1 aromatic heterocycles. The number of hydrogen-bond donors (Lipinski definition) is 2. The van der Waals surface area contributed by atoms with Crippen molar-refractivity contribution >= 4 is 28.6 Å². The molecule has 1 heterocycles. The Labute approximate surface area is 155 Å². The molecule has 27 heavy (non-hydrogen) atoms. The summed E-state index contributed by atoms with van der Waals surface area (Å²) in [5.41, 5.74) is 1.89. The number of benzene rings is 2. The second-order valence-electron chi connectivity index (χ2n) is 5.83. The second-order valence-corrected chi connectivity index (χ2v) is 5.83. The Morgan fingerprint density at radius 2 is 1.85 bits per heavy atom. The van der Waals surface area contributed by atoms with Crippen LogP contribution in [0.3, 0.4) is 0 Å². The van der Waals surface area contributed by atoms with Crippen LogP contribution in [0.4, 0.5) is 5.69 Å². The lowest BCUT2D eigenvalue weighted by Gasteiger charge is -2.11. The van der Waals surface area contributed by atoms with Gasteiger partial charge >= 0.3 is 5.76 Å². The molecule has 0 aliphatic heterocycles. The molecule has 0 saturated heterocycles. The number of oxazole rings is 1. The number of fused-ring (bicyclic) bond motifs is 1. The highest BCUT2D eigenvalue weighted by Gasteiger charge is 2.14. The number of carbonyl (C=O) groups excluding carboxylic acids is 2. The number of nitrogens with zero attached hydrogens (tertiary/aromatic N) is 1. The van der Waals surface area contributed by atoms with E-state index in [0.29, 0.717) is 28.9 Å². The molecule has 3 aromatic rings. The first kappa shape index (κ1) is 18.2. The Bertz CT molecular complexity index is 1050. The van der Waals surface area contributed by atoms with E-state index in [2.05, 4.69) is 17.2 Å². The average Bonchev–Trinajstić information content (AvgIpc) is 3.00. The van der Waals surface area contributed by atoms with Crippen LogP contribution in [0.2, 0.25) is 0 Å². The van der Waals surface area contributed by atoms with Crippen LogP contribution < -0.4 is 16.4 Å². The van der Waals surface area contributed by atoms with E-state index in [0.717, 1.165) is 0 Å². The molecule has 0 atom stereocenters. The largest absolute Gasteiger partial charge is 0.419 e. The number of hydrogen-bond acceptors (Lipinski definition) is 4.